The molecule has 0 radical (unpaired) electrons. The van der Waals surface area contributed by atoms with E-state index in [1.54, 1.807) is 57.6 Å². The number of hydrogen-bond donors (Lipinski definition) is 1. The number of aliphatic imine (C=N–C) groups is 1. The van der Waals surface area contributed by atoms with Crippen LogP contribution in [-0.2, 0) is 26.3 Å². The van der Waals surface area contributed by atoms with Crippen molar-refractivity contribution in [3.05, 3.63) is 41.5 Å². The number of benzene rings is 1. The Morgan fingerprint density at radius 3 is 2.43 bits per heavy atom. The molecular weight excluding hydrogens is 512 g/mol. The highest BCUT2D eigenvalue weighted by molar-refractivity contribution is 14.0. The first-order chi connectivity index (χ1) is 13.4. The van der Waals surface area contributed by atoms with Crippen molar-refractivity contribution in [1.29, 1.82) is 0 Å². The molecule has 0 unspecified atom stereocenters. The maximum absolute atomic E-state index is 13.6. The maximum Gasteiger partial charge on any atom is 0.416 e. The first-order valence-electron chi connectivity index (χ1n) is 9.04. The van der Waals surface area contributed by atoms with Gasteiger partial charge in [-0.15, -0.1) is 24.0 Å². The molecule has 1 aromatic carbocycles. The van der Waals surface area contributed by atoms with Crippen LogP contribution in [0.2, 0.25) is 0 Å². The van der Waals surface area contributed by atoms with Crippen molar-refractivity contribution in [3.8, 4) is 5.75 Å². The zero-order valence-corrected chi connectivity index (χ0v) is 20.2. The average Bonchev–Trinajstić information content (AvgIpc) is 2.99. The Bertz CT molecular complexity index is 861. The molecule has 0 fully saturated rings. The molecular formula is C19H28F3IN6O. The highest BCUT2D eigenvalue weighted by atomic mass is 127. The van der Waals surface area contributed by atoms with Crippen LogP contribution in [0, 0.1) is 0 Å². The summed E-state index contributed by atoms with van der Waals surface area (Å²) >= 11 is 0. The number of ether oxygens (including phenoxy) is 1. The van der Waals surface area contributed by atoms with Gasteiger partial charge in [-0.25, -0.2) is 4.98 Å². The molecule has 0 atom stereocenters. The lowest BCUT2D eigenvalue weighted by Crippen LogP contribution is -2.39. The number of rotatable bonds is 5. The predicted octanol–water partition coefficient (Wildman–Crippen LogP) is 3.84. The third-order valence-electron chi connectivity index (χ3n) is 4.00. The largest absolute Gasteiger partial charge is 0.488 e. The quantitative estimate of drug-likeness (QED) is 0.355. The van der Waals surface area contributed by atoms with E-state index >= 15 is 0 Å². The van der Waals surface area contributed by atoms with Gasteiger partial charge in [0.05, 0.1) is 12.1 Å². The smallest absolute Gasteiger partial charge is 0.416 e. The van der Waals surface area contributed by atoms with Crippen LogP contribution in [0.1, 0.15) is 37.7 Å². The molecule has 0 bridgehead atoms. The molecule has 0 saturated carbocycles. The summed E-state index contributed by atoms with van der Waals surface area (Å²) < 4.78 is 47.9. The van der Waals surface area contributed by atoms with E-state index in [1.165, 1.54) is 12.4 Å². The lowest BCUT2D eigenvalue weighted by Gasteiger charge is -2.24. The summed E-state index contributed by atoms with van der Waals surface area (Å²) in [5.74, 6) is 1.32. The van der Waals surface area contributed by atoms with Gasteiger partial charge in [-0.1, -0.05) is 6.07 Å². The van der Waals surface area contributed by atoms with Crippen LogP contribution >= 0.6 is 24.0 Å². The third-order valence-corrected chi connectivity index (χ3v) is 4.00. The molecule has 1 N–H and O–H groups in total. The summed E-state index contributed by atoms with van der Waals surface area (Å²) in [6.45, 7) is 5.72. The van der Waals surface area contributed by atoms with Crippen molar-refractivity contribution in [2.45, 2.75) is 45.6 Å². The summed E-state index contributed by atoms with van der Waals surface area (Å²) in [6.07, 6.45) is -3.06. The van der Waals surface area contributed by atoms with Gasteiger partial charge in [0.15, 0.2) is 5.96 Å². The lowest BCUT2D eigenvalue weighted by molar-refractivity contribution is -0.138. The maximum atomic E-state index is 13.6. The fraction of sp³-hybridized carbons (Fsp3) is 0.526. The molecule has 2 rings (SSSR count). The van der Waals surface area contributed by atoms with Crippen LogP contribution < -0.4 is 10.1 Å². The van der Waals surface area contributed by atoms with Crippen LogP contribution in [0.25, 0.3) is 0 Å². The Morgan fingerprint density at radius 2 is 1.93 bits per heavy atom. The molecule has 0 aliphatic rings. The summed E-state index contributed by atoms with van der Waals surface area (Å²) in [5.41, 5.74) is -1.22. The number of nitrogens with zero attached hydrogens (tertiary/aromatic N) is 5. The Balaban J connectivity index is 0.00000450. The van der Waals surface area contributed by atoms with Gasteiger partial charge in [0.1, 0.15) is 23.5 Å². The van der Waals surface area contributed by atoms with Crippen LogP contribution in [0.3, 0.4) is 0 Å². The summed E-state index contributed by atoms with van der Waals surface area (Å²) in [7, 11) is 5.11. The second kappa shape index (κ2) is 10.3. The van der Waals surface area contributed by atoms with E-state index in [-0.39, 0.29) is 41.8 Å². The van der Waals surface area contributed by atoms with Gasteiger partial charge in [-0.05, 0) is 38.5 Å². The zero-order valence-electron chi connectivity index (χ0n) is 17.9. The van der Waals surface area contributed by atoms with Gasteiger partial charge in [-0.3, -0.25) is 9.67 Å². The van der Waals surface area contributed by atoms with E-state index in [2.05, 4.69) is 20.4 Å². The summed E-state index contributed by atoms with van der Waals surface area (Å²) in [6, 6.07) is 4.00. The molecule has 30 heavy (non-hydrogen) atoms. The molecule has 11 heteroatoms. The first-order valence-corrected chi connectivity index (χ1v) is 9.04. The number of guanidine groups is 1. The van der Waals surface area contributed by atoms with Crippen molar-refractivity contribution in [2.75, 3.05) is 14.1 Å². The van der Waals surface area contributed by atoms with Gasteiger partial charge in [0.25, 0.3) is 0 Å². The molecule has 168 valence electrons. The number of alkyl halides is 3. The minimum absolute atomic E-state index is 0. The van der Waals surface area contributed by atoms with Gasteiger partial charge in [-0.2, -0.15) is 18.3 Å². The number of nitrogens with one attached hydrogen (secondary N) is 1. The molecule has 1 heterocycles. The van der Waals surface area contributed by atoms with Crippen molar-refractivity contribution in [1.82, 2.24) is 25.0 Å². The second-order valence-electron chi connectivity index (χ2n) is 7.59. The minimum Gasteiger partial charge on any atom is -0.488 e. The SMILES string of the molecule is CN=C(NCc1ccc(OC(C)(C)C)cc1C(F)(F)F)N(C)Cc1ncnn1C.I. The van der Waals surface area contributed by atoms with E-state index < -0.39 is 17.3 Å². The zero-order chi connectivity index (χ0) is 21.8. The van der Waals surface area contributed by atoms with Gasteiger partial charge in [0, 0.05) is 27.7 Å². The highest BCUT2D eigenvalue weighted by Gasteiger charge is 2.34. The molecule has 0 spiro atoms. The molecule has 1 aromatic heterocycles. The Kier molecular flexibility index (Phi) is 8.93. The third kappa shape index (κ3) is 7.33. The molecule has 0 saturated heterocycles. The second-order valence-corrected chi connectivity index (χ2v) is 7.59. The Morgan fingerprint density at radius 1 is 1.27 bits per heavy atom. The average molecular weight is 540 g/mol. The number of halogens is 4. The Hall–Kier alpha value is -2.05. The van der Waals surface area contributed by atoms with E-state index in [0.717, 1.165) is 6.07 Å². The molecule has 0 amide bonds. The fourth-order valence-electron chi connectivity index (χ4n) is 2.70. The topological polar surface area (TPSA) is 67.6 Å². The normalized spacial score (nSPS) is 12.4. The standard InChI is InChI=1S/C19H27F3N6O.HI/c1-18(2,3)29-14-8-7-13(15(9-14)19(20,21)22)10-24-17(23-4)27(5)11-16-25-12-26-28(16)6;/h7-9,12H,10-11H2,1-6H3,(H,23,24);1H. The van der Waals surface area contributed by atoms with Crippen LogP contribution in [0.4, 0.5) is 13.2 Å². The van der Waals surface area contributed by atoms with Crippen molar-refractivity contribution < 1.29 is 17.9 Å². The van der Waals surface area contributed by atoms with E-state index in [4.69, 9.17) is 4.74 Å². The summed E-state index contributed by atoms with van der Waals surface area (Å²) in [5, 5.41) is 6.98. The molecule has 0 aliphatic carbocycles. The number of hydrogen-bond acceptors (Lipinski definition) is 4. The van der Waals surface area contributed by atoms with E-state index in [9.17, 15) is 13.2 Å². The van der Waals surface area contributed by atoms with E-state index in [0.29, 0.717) is 18.3 Å². The minimum atomic E-state index is -4.50. The number of aromatic nitrogens is 3. The van der Waals surface area contributed by atoms with Gasteiger partial charge in [0.2, 0.25) is 0 Å². The molecule has 7 nitrogen and oxygen atoms in total. The van der Waals surface area contributed by atoms with Crippen molar-refractivity contribution >= 4 is 29.9 Å². The molecule has 2 aromatic rings. The predicted molar refractivity (Wildman–Crippen MR) is 120 cm³/mol. The first kappa shape index (κ1) is 26.0. The highest BCUT2D eigenvalue weighted by Crippen LogP contribution is 2.35. The van der Waals surface area contributed by atoms with Crippen LogP contribution in [0.15, 0.2) is 29.5 Å². The number of aryl methyl sites for hydroxylation is 1. The van der Waals surface area contributed by atoms with Crippen molar-refractivity contribution in [2.24, 2.45) is 12.0 Å². The molecule has 0 aliphatic heterocycles. The Labute approximate surface area is 191 Å². The van der Waals surface area contributed by atoms with Gasteiger partial charge >= 0.3 is 6.18 Å². The van der Waals surface area contributed by atoms with Crippen LogP contribution in [-0.4, -0.2) is 45.3 Å². The van der Waals surface area contributed by atoms with Crippen molar-refractivity contribution in [3.63, 3.8) is 0 Å². The van der Waals surface area contributed by atoms with E-state index in [1.807, 2.05) is 0 Å². The monoisotopic (exact) mass is 540 g/mol. The van der Waals surface area contributed by atoms with Gasteiger partial charge < -0.3 is 15.0 Å². The summed E-state index contributed by atoms with van der Waals surface area (Å²) in [4.78, 5) is 10.0. The lowest BCUT2D eigenvalue weighted by atomic mass is 10.1. The van der Waals surface area contributed by atoms with Crippen LogP contribution in [0.5, 0.6) is 5.75 Å². The fourth-order valence-corrected chi connectivity index (χ4v) is 2.70.